The van der Waals surface area contributed by atoms with Gasteiger partial charge < -0.3 is 15.0 Å². The second kappa shape index (κ2) is 8.70. The predicted octanol–water partition coefficient (Wildman–Crippen LogP) is 4.40. The number of nitrogens with one attached hydrogen (secondary N) is 1. The minimum atomic E-state index is -0.364. The molecular formula is C21H25FN2O2. The Balaban J connectivity index is 1.63. The molecule has 0 radical (unpaired) electrons. The molecule has 1 amide bonds. The van der Waals surface area contributed by atoms with Gasteiger partial charge in [0, 0.05) is 13.1 Å². The van der Waals surface area contributed by atoms with Crippen molar-refractivity contribution < 1.29 is 13.9 Å². The fourth-order valence-corrected chi connectivity index (χ4v) is 3.18. The lowest BCUT2D eigenvalue weighted by molar-refractivity contribution is -0.118. The molecular weight excluding hydrogens is 331 g/mol. The average Bonchev–Trinajstić information content (AvgIpc) is 2.67. The highest BCUT2D eigenvalue weighted by Crippen LogP contribution is 2.29. The molecule has 0 saturated carbocycles. The SMILES string of the molecule is CCc1ccc(OCC(=O)Nc2cc(F)ccc2N2CCCCC2)cc1. The highest BCUT2D eigenvalue weighted by molar-refractivity contribution is 5.95. The number of benzene rings is 2. The maximum absolute atomic E-state index is 13.7. The van der Waals surface area contributed by atoms with Crippen LogP contribution in [0.4, 0.5) is 15.8 Å². The first-order valence-electron chi connectivity index (χ1n) is 9.22. The first-order chi connectivity index (χ1) is 12.7. The summed E-state index contributed by atoms with van der Waals surface area (Å²) < 4.78 is 19.2. The van der Waals surface area contributed by atoms with Crippen molar-refractivity contribution in [3.05, 3.63) is 53.8 Å². The molecule has 1 N–H and O–H groups in total. The van der Waals surface area contributed by atoms with Crippen LogP contribution < -0.4 is 15.0 Å². The van der Waals surface area contributed by atoms with Crippen LogP contribution in [0.5, 0.6) is 5.75 Å². The van der Waals surface area contributed by atoms with E-state index in [1.54, 1.807) is 6.07 Å². The average molecular weight is 356 g/mol. The minimum absolute atomic E-state index is 0.110. The molecule has 2 aromatic carbocycles. The van der Waals surface area contributed by atoms with E-state index in [2.05, 4.69) is 17.1 Å². The molecule has 0 bridgehead atoms. The maximum Gasteiger partial charge on any atom is 0.262 e. The number of amides is 1. The second-order valence-corrected chi connectivity index (χ2v) is 6.54. The Kier molecular flexibility index (Phi) is 6.10. The van der Waals surface area contributed by atoms with Gasteiger partial charge in [-0.25, -0.2) is 4.39 Å². The van der Waals surface area contributed by atoms with Crippen LogP contribution in [-0.4, -0.2) is 25.6 Å². The summed E-state index contributed by atoms with van der Waals surface area (Å²) in [6.07, 6.45) is 4.40. The number of anilines is 2. The zero-order valence-electron chi connectivity index (χ0n) is 15.1. The normalized spacial score (nSPS) is 14.2. The molecule has 0 aromatic heterocycles. The lowest BCUT2D eigenvalue weighted by Crippen LogP contribution is -2.31. The number of ether oxygens (including phenoxy) is 1. The van der Waals surface area contributed by atoms with Crippen LogP contribution in [0.3, 0.4) is 0 Å². The van der Waals surface area contributed by atoms with Crippen LogP contribution in [0.1, 0.15) is 31.7 Å². The molecule has 1 aliphatic heterocycles. The number of hydrogen-bond acceptors (Lipinski definition) is 3. The first-order valence-corrected chi connectivity index (χ1v) is 9.22. The summed E-state index contributed by atoms with van der Waals surface area (Å²) in [4.78, 5) is 14.5. The minimum Gasteiger partial charge on any atom is -0.484 e. The summed E-state index contributed by atoms with van der Waals surface area (Å²) in [5.41, 5.74) is 2.58. The third-order valence-corrected chi connectivity index (χ3v) is 4.63. The molecule has 1 heterocycles. The van der Waals surface area contributed by atoms with Gasteiger partial charge in [-0.2, -0.15) is 0 Å². The van der Waals surface area contributed by atoms with E-state index in [4.69, 9.17) is 4.74 Å². The van der Waals surface area contributed by atoms with E-state index in [1.807, 2.05) is 24.3 Å². The molecule has 0 unspecified atom stereocenters. The van der Waals surface area contributed by atoms with Gasteiger partial charge in [0.1, 0.15) is 11.6 Å². The van der Waals surface area contributed by atoms with Gasteiger partial charge in [-0.1, -0.05) is 19.1 Å². The van der Waals surface area contributed by atoms with Gasteiger partial charge in [-0.3, -0.25) is 4.79 Å². The molecule has 2 aromatic rings. The fraction of sp³-hybridized carbons (Fsp3) is 0.381. The Bertz CT molecular complexity index is 740. The van der Waals surface area contributed by atoms with E-state index in [1.165, 1.54) is 24.1 Å². The summed E-state index contributed by atoms with van der Waals surface area (Å²) in [5.74, 6) is -0.0154. The number of rotatable bonds is 6. The van der Waals surface area contributed by atoms with Crippen molar-refractivity contribution in [2.75, 3.05) is 29.9 Å². The monoisotopic (exact) mass is 356 g/mol. The van der Waals surface area contributed by atoms with Gasteiger partial charge in [-0.15, -0.1) is 0 Å². The third kappa shape index (κ3) is 4.75. The lowest BCUT2D eigenvalue weighted by atomic mass is 10.1. The first kappa shape index (κ1) is 18.2. The van der Waals surface area contributed by atoms with Crippen LogP contribution in [0.25, 0.3) is 0 Å². The van der Waals surface area contributed by atoms with Gasteiger partial charge in [0.15, 0.2) is 6.61 Å². The maximum atomic E-state index is 13.7. The van der Waals surface area contributed by atoms with Gasteiger partial charge in [0.2, 0.25) is 0 Å². The summed E-state index contributed by atoms with van der Waals surface area (Å²) in [6, 6.07) is 12.2. The van der Waals surface area contributed by atoms with Crippen molar-refractivity contribution in [1.82, 2.24) is 0 Å². The van der Waals surface area contributed by atoms with Crippen LogP contribution in [0.2, 0.25) is 0 Å². The number of nitrogens with zero attached hydrogens (tertiary/aromatic N) is 1. The van der Waals surface area contributed by atoms with Gasteiger partial charge in [0.05, 0.1) is 11.4 Å². The molecule has 5 heteroatoms. The zero-order chi connectivity index (χ0) is 18.4. The largest absolute Gasteiger partial charge is 0.484 e. The summed E-state index contributed by atoms with van der Waals surface area (Å²) in [5, 5.41) is 2.80. The van der Waals surface area contributed by atoms with Crippen LogP contribution in [0, 0.1) is 5.82 Å². The number of aryl methyl sites for hydroxylation is 1. The summed E-state index contributed by atoms with van der Waals surface area (Å²) in [6.45, 7) is 3.83. The molecule has 138 valence electrons. The predicted molar refractivity (Wildman–Crippen MR) is 102 cm³/mol. The van der Waals surface area contributed by atoms with E-state index in [0.29, 0.717) is 11.4 Å². The number of piperidine rings is 1. The standard InChI is InChI=1S/C21H25FN2O2/c1-2-16-6-9-18(10-7-16)26-15-21(25)23-19-14-17(22)8-11-20(19)24-12-4-3-5-13-24/h6-11,14H,2-5,12-13,15H2,1H3,(H,23,25). The molecule has 26 heavy (non-hydrogen) atoms. The zero-order valence-corrected chi connectivity index (χ0v) is 15.1. The summed E-state index contributed by atoms with van der Waals surface area (Å²) in [7, 11) is 0. The number of hydrogen-bond donors (Lipinski definition) is 1. The van der Waals surface area contributed by atoms with Crippen molar-refractivity contribution in [1.29, 1.82) is 0 Å². The Morgan fingerprint density at radius 2 is 1.85 bits per heavy atom. The van der Waals surface area contributed by atoms with Gasteiger partial charge >= 0.3 is 0 Å². The van der Waals surface area contributed by atoms with Gasteiger partial charge in [-0.05, 0) is 61.6 Å². The van der Waals surface area contributed by atoms with E-state index >= 15 is 0 Å². The number of carbonyl (C=O) groups excluding carboxylic acids is 1. The Hall–Kier alpha value is -2.56. The molecule has 0 spiro atoms. The Morgan fingerprint density at radius 3 is 2.54 bits per heavy atom. The Morgan fingerprint density at radius 1 is 1.12 bits per heavy atom. The quantitative estimate of drug-likeness (QED) is 0.834. The van der Waals surface area contributed by atoms with Crippen LogP contribution in [0.15, 0.2) is 42.5 Å². The topological polar surface area (TPSA) is 41.6 Å². The summed E-state index contributed by atoms with van der Waals surface area (Å²) >= 11 is 0. The molecule has 0 atom stereocenters. The van der Waals surface area contributed by atoms with Crippen molar-refractivity contribution in [2.24, 2.45) is 0 Å². The molecule has 1 saturated heterocycles. The van der Waals surface area contributed by atoms with E-state index in [0.717, 1.165) is 38.0 Å². The number of carbonyl (C=O) groups is 1. The fourth-order valence-electron chi connectivity index (χ4n) is 3.18. The molecule has 4 nitrogen and oxygen atoms in total. The van der Waals surface area contributed by atoms with E-state index in [-0.39, 0.29) is 18.3 Å². The molecule has 3 rings (SSSR count). The lowest BCUT2D eigenvalue weighted by Gasteiger charge is -2.30. The van der Waals surface area contributed by atoms with E-state index in [9.17, 15) is 9.18 Å². The van der Waals surface area contributed by atoms with Crippen molar-refractivity contribution in [2.45, 2.75) is 32.6 Å². The molecule has 1 aliphatic rings. The molecule has 0 aliphatic carbocycles. The van der Waals surface area contributed by atoms with Crippen molar-refractivity contribution in [3.63, 3.8) is 0 Å². The van der Waals surface area contributed by atoms with Crippen molar-refractivity contribution in [3.8, 4) is 5.75 Å². The number of halogens is 1. The highest BCUT2D eigenvalue weighted by atomic mass is 19.1. The van der Waals surface area contributed by atoms with Crippen LogP contribution in [-0.2, 0) is 11.2 Å². The van der Waals surface area contributed by atoms with E-state index < -0.39 is 0 Å². The van der Waals surface area contributed by atoms with Crippen LogP contribution >= 0.6 is 0 Å². The van der Waals surface area contributed by atoms with Gasteiger partial charge in [0.25, 0.3) is 5.91 Å². The molecule has 1 fully saturated rings. The smallest absolute Gasteiger partial charge is 0.262 e. The second-order valence-electron chi connectivity index (χ2n) is 6.54. The highest BCUT2D eigenvalue weighted by Gasteiger charge is 2.16. The third-order valence-electron chi connectivity index (χ3n) is 4.63. The Labute approximate surface area is 154 Å². The van der Waals surface area contributed by atoms with Crippen molar-refractivity contribution >= 4 is 17.3 Å².